The lowest BCUT2D eigenvalue weighted by atomic mass is 10.1. The van der Waals surface area contributed by atoms with Crippen molar-refractivity contribution < 1.29 is 9.53 Å². The van der Waals surface area contributed by atoms with E-state index in [0.29, 0.717) is 11.7 Å². The molecule has 0 atom stereocenters. The number of nitrogens with zero attached hydrogens (tertiary/aromatic N) is 2. The van der Waals surface area contributed by atoms with Crippen LogP contribution in [0.1, 0.15) is 18.9 Å². The number of ether oxygens (including phenoxy) is 1. The van der Waals surface area contributed by atoms with Crippen molar-refractivity contribution in [3.63, 3.8) is 0 Å². The minimum Gasteiger partial charge on any atom is -0.370 e. The van der Waals surface area contributed by atoms with Crippen LogP contribution in [0, 0.1) is 6.92 Å². The average Bonchev–Trinajstić information content (AvgIpc) is 2.48. The lowest BCUT2D eigenvalue weighted by Crippen LogP contribution is -2.38. The summed E-state index contributed by atoms with van der Waals surface area (Å²) in [6.07, 6.45) is 0. The van der Waals surface area contributed by atoms with Gasteiger partial charge >= 0.3 is 0 Å². The molecular formula is C9H16N4O2S. The Morgan fingerprint density at radius 2 is 2.25 bits per heavy atom. The average molecular weight is 244 g/mol. The number of anilines is 1. The molecule has 16 heavy (non-hydrogen) atoms. The van der Waals surface area contributed by atoms with Crippen molar-refractivity contribution in [3.05, 3.63) is 5.01 Å². The number of carbonyl (C=O) groups is 1. The van der Waals surface area contributed by atoms with Gasteiger partial charge in [0.2, 0.25) is 5.13 Å². The van der Waals surface area contributed by atoms with Gasteiger partial charge in [0.1, 0.15) is 11.6 Å². The summed E-state index contributed by atoms with van der Waals surface area (Å²) in [5.41, 5.74) is 5.27. The number of nitrogens with two attached hydrogens (primary N) is 1. The van der Waals surface area contributed by atoms with Crippen LogP contribution in [0.25, 0.3) is 0 Å². The van der Waals surface area contributed by atoms with E-state index in [1.165, 1.54) is 11.3 Å². The van der Waals surface area contributed by atoms with Gasteiger partial charge < -0.3 is 10.5 Å². The zero-order chi connectivity index (χ0) is 12.2. The van der Waals surface area contributed by atoms with Gasteiger partial charge in [-0.1, -0.05) is 11.3 Å². The maximum Gasteiger partial charge on any atom is 0.252 e. The van der Waals surface area contributed by atoms with E-state index < -0.39 is 5.54 Å². The zero-order valence-corrected chi connectivity index (χ0v) is 10.4. The Labute approximate surface area is 98.2 Å². The van der Waals surface area contributed by atoms with Crippen LogP contribution in [0.4, 0.5) is 5.13 Å². The minimum absolute atomic E-state index is 0.0285. The van der Waals surface area contributed by atoms with Crippen LogP contribution in [0.5, 0.6) is 0 Å². The van der Waals surface area contributed by atoms with Crippen molar-refractivity contribution in [2.45, 2.75) is 26.3 Å². The second-order valence-electron chi connectivity index (χ2n) is 4.16. The molecule has 1 rings (SSSR count). The molecule has 0 aromatic carbocycles. The van der Waals surface area contributed by atoms with E-state index in [1.807, 2.05) is 20.8 Å². The van der Waals surface area contributed by atoms with Gasteiger partial charge in [0.15, 0.2) is 0 Å². The largest absolute Gasteiger partial charge is 0.370 e. The molecule has 0 saturated heterocycles. The van der Waals surface area contributed by atoms with E-state index in [9.17, 15) is 4.79 Å². The number of aromatic nitrogens is 2. The maximum atomic E-state index is 11.4. The van der Waals surface area contributed by atoms with Crippen molar-refractivity contribution in [2.24, 2.45) is 5.73 Å². The van der Waals surface area contributed by atoms with Gasteiger partial charge in [-0.15, -0.1) is 10.2 Å². The molecule has 3 N–H and O–H groups in total. The predicted molar refractivity (Wildman–Crippen MR) is 62.4 cm³/mol. The molecule has 0 fully saturated rings. The Hall–Kier alpha value is -1.05. The Morgan fingerprint density at radius 1 is 1.56 bits per heavy atom. The van der Waals surface area contributed by atoms with Crippen molar-refractivity contribution in [3.8, 4) is 0 Å². The molecule has 1 heterocycles. The van der Waals surface area contributed by atoms with E-state index in [1.54, 1.807) is 0 Å². The summed E-state index contributed by atoms with van der Waals surface area (Å²) < 4.78 is 5.16. The van der Waals surface area contributed by atoms with Gasteiger partial charge in [0.25, 0.3) is 5.91 Å². The number of hydrogen-bond acceptors (Lipinski definition) is 6. The molecule has 7 heteroatoms. The Balaban J connectivity index is 2.26. The summed E-state index contributed by atoms with van der Waals surface area (Å²) in [5, 5.41) is 11.4. The summed E-state index contributed by atoms with van der Waals surface area (Å²) in [6, 6.07) is 0. The number of nitrogens with one attached hydrogen (secondary N) is 1. The molecule has 90 valence electrons. The van der Waals surface area contributed by atoms with E-state index in [4.69, 9.17) is 10.5 Å². The normalized spacial score (nSPS) is 11.5. The third kappa shape index (κ3) is 5.15. The number of rotatable bonds is 5. The maximum absolute atomic E-state index is 11.4. The fourth-order valence-electron chi connectivity index (χ4n) is 0.909. The zero-order valence-electron chi connectivity index (χ0n) is 9.61. The summed E-state index contributed by atoms with van der Waals surface area (Å²) in [6.45, 7) is 5.79. The van der Waals surface area contributed by atoms with Crippen LogP contribution in [-0.4, -0.2) is 34.9 Å². The topological polar surface area (TPSA) is 90.1 Å². The van der Waals surface area contributed by atoms with E-state index >= 15 is 0 Å². The predicted octanol–water partition coefficient (Wildman–Crippen LogP) is 0.539. The molecule has 0 aliphatic heterocycles. The first-order chi connectivity index (χ1) is 7.37. The molecule has 0 bridgehead atoms. The summed E-state index contributed by atoms with van der Waals surface area (Å²) >= 11 is 1.32. The molecule has 1 aromatic heterocycles. The SMILES string of the molecule is Cc1nnc(NC(=O)COCC(C)(C)N)s1. The number of carbonyl (C=O) groups excluding carboxylic acids is 1. The van der Waals surface area contributed by atoms with Crippen LogP contribution < -0.4 is 11.1 Å². The molecule has 0 spiro atoms. The molecule has 1 aromatic rings. The van der Waals surface area contributed by atoms with Crippen LogP contribution in [0.2, 0.25) is 0 Å². The van der Waals surface area contributed by atoms with Crippen LogP contribution in [0.15, 0.2) is 0 Å². The third-order valence-corrected chi connectivity index (χ3v) is 2.23. The van der Waals surface area contributed by atoms with Crippen molar-refractivity contribution in [1.29, 1.82) is 0 Å². The Bertz CT molecular complexity index is 359. The quantitative estimate of drug-likeness (QED) is 0.789. The van der Waals surface area contributed by atoms with E-state index in [2.05, 4.69) is 15.5 Å². The van der Waals surface area contributed by atoms with Crippen molar-refractivity contribution >= 4 is 22.4 Å². The van der Waals surface area contributed by atoms with Gasteiger partial charge in [0, 0.05) is 5.54 Å². The number of hydrogen-bond donors (Lipinski definition) is 2. The highest BCUT2D eigenvalue weighted by atomic mass is 32.1. The summed E-state index contributed by atoms with van der Waals surface area (Å²) in [7, 11) is 0. The van der Waals surface area contributed by atoms with Crippen molar-refractivity contribution in [1.82, 2.24) is 10.2 Å². The number of aryl methyl sites for hydroxylation is 1. The van der Waals surface area contributed by atoms with Gasteiger partial charge in [-0.2, -0.15) is 0 Å². The third-order valence-electron chi connectivity index (χ3n) is 1.48. The van der Waals surface area contributed by atoms with Gasteiger partial charge in [-0.05, 0) is 20.8 Å². The Kier molecular flexibility index (Phi) is 4.34. The molecule has 6 nitrogen and oxygen atoms in total. The molecule has 0 saturated carbocycles. The first kappa shape index (κ1) is 13.0. The molecule has 0 aliphatic rings. The second kappa shape index (κ2) is 5.33. The standard InChI is InChI=1S/C9H16N4O2S/c1-6-12-13-8(16-6)11-7(14)4-15-5-9(2,3)10/h4-5,10H2,1-3H3,(H,11,13,14). The van der Waals surface area contributed by atoms with Crippen LogP contribution in [-0.2, 0) is 9.53 Å². The van der Waals surface area contributed by atoms with Crippen molar-refractivity contribution in [2.75, 3.05) is 18.5 Å². The second-order valence-corrected chi connectivity index (χ2v) is 5.34. The molecule has 0 radical (unpaired) electrons. The highest BCUT2D eigenvalue weighted by Crippen LogP contribution is 2.13. The summed E-state index contributed by atoms with van der Waals surface area (Å²) in [4.78, 5) is 11.4. The monoisotopic (exact) mass is 244 g/mol. The number of amides is 1. The molecule has 0 aliphatic carbocycles. The van der Waals surface area contributed by atoms with Gasteiger partial charge in [0.05, 0.1) is 6.61 Å². The minimum atomic E-state index is -0.431. The highest BCUT2D eigenvalue weighted by molar-refractivity contribution is 7.15. The molecule has 1 amide bonds. The fourth-order valence-corrected chi connectivity index (χ4v) is 1.52. The lowest BCUT2D eigenvalue weighted by Gasteiger charge is -2.17. The summed E-state index contributed by atoms with van der Waals surface area (Å²) in [5.74, 6) is -0.250. The van der Waals surface area contributed by atoms with Gasteiger partial charge in [-0.25, -0.2) is 0 Å². The van der Waals surface area contributed by atoms with Crippen LogP contribution >= 0.6 is 11.3 Å². The lowest BCUT2D eigenvalue weighted by molar-refractivity contribution is -0.121. The smallest absolute Gasteiger partial charge is 0.252 e. The van der Waals surface area contributed by atoms with Crippen LogP contribution in [0.3, 0.4) is 0 Å². The highest BCUT2D eigenvalue weighted by Gasteiger charge is 2.12. The van der Waals surface area contributed by atoms with E-state index in [0.717, 1.165) is 5.01 Å². The first-order valence-corrected chi connectivity index (χ1v) is 5.65. The van der Waals surface area contributed by atoms with E-state index in [-0.39, 0.29) is 12.5 Å². The first-order valence-electron chi connectivity index (χ1n) is 4.83. The van der Waals surface area contributed by atoms with Gasteiger partial charge in [-0.3, -0.25) is 10.1 Å². The molecular weight excluding hydrogens is 228 g/mol. The molecule has 0 unspecified atom stereocenters. The fraction of sp³-hybridized carbons (Fsp3) is 0.667. The Morgan fingerprint density at radius 3 is 2.75 bits per heavy atom.